The van der Waals surface area contributed by atoms with Gasteiger partial charge < -0.3 is 9.47 Å². The lowest BCUT2D eigenvalue weighted by Gasteiger charge is -2.07. The molecule has 5 heteroatoms. The predicted octanol–water partition coefficient (Wildman–Crippen LogP) is 2.31. The predicted molar refractivity (Wildman–Crippen MR) is 38.2 cm³/mol. The highest BCUT2D eigenvalue weighted by Gasteiger charge is 2.09. The molecule has 0 amide bonds. The lowest BCUT2D eigenvalue weighted by atomic mass is 10.8. The molecule has 0 saturated heterocycles. The van der Waals surface area contributed by atoms with Crippen LogP contribution in [0.15, 0.2) is 0 Å². The summed E-state index contributed by atoms with van der Waals surface area (Å²) >= 11 is 10.6. The zero-order chi connectivity index (χ0) is 8.15. The summed E-state index contributed by atoms with van der Waals surface area (Å²) in [6.07, 6.45) is -0.856. The minimum absolute atomic E-state index is 0.692. The molecule has 0 radical (unpaired) electrons. The lowest BCUT2D eigenvalue weighted by Crippen LogP contribution is -2.14. The van der Waals surface area contributed by atoms with Gasteiger partial charge in [-0.25, -0.2) is 4.79 Å². The van der Waals surface area contributed by atoms with Gasteiger partial charge in [-0.2, -0.15) is 0 Å². The molecule has 0 aliphatic rings. The first-order valence-corrected chi connectivity index (χ1v) is 3.55. The van der Waals surface area contributed by atoms with Gasteiger partial charge in [-0.3, -0.25) is 0 Å². The monoisotopic (exact) mass is 186 g/mol. The van der Waals surface area contributed by atoms with E-state index in [0.29, 0.717) is 0 Å². The molecule has 0 bridgehead atoms. The van der Waals surface area contributed by atoms with Crippen LogP contribution in [0, 0.1) is 0 Å². The summed E-state index contributed by atoms with van der Waals surface area (Å²) < 4.78 is 8.76. The molecule has 2 unspecified atom stereocenters. The molecule has 0 aliphatic carbocycles. The number of hydrogen-bond donors (Lipinski definition) is 0. The average Bonchev–Trinajstić information content (AvgIpc) is 1.58. The molecule has 3 nitrogen and oxygen atoms in total. The first-order chi connectivity index (χ1) is 4.52. The van der Waals surface area contributed by atoms with Crippen LogP contribution < -0.4 is 0 Å². The van der Waals surface area contributed by atoms with Gasteiger partial charge in [0, 0.05) is 0 Å². The average molecular weight is 187 g/mol. The minimum atomic E-state index is -0.856. The van der Waals surface area contributed by atoms with Gasteiger partial charge in [0.05, 0.1) is 0 Å². The number of carbonyl (C=O) groups excluding carboxylic acids is 1. The van der Waals surface area contributed by atoms with Crippen LogP contribution in [-0.2, 0) is 9.47 Å². The maximum Gasteiger partial charge on any atom is 0.511 e. The van der Waals surface area contributed by atoms with Gasteiger partial charge in [-0.1, -0.05) is 23.2 Å². The molecule has 60 valence electrons. The third kappa shape index (κ3) is 5.98. The first-order valence-electron chi connectivity index (χ1n) is 2.67. The fourth-order valence-electron chi connectivity index (χ4n) is 0.293. The van der Waals surface area contributed by atoms with Crippen LogP contribution in [0.4, 0.5) is 4.79 Å². The summed E-state index contributed by atoms with van der Waals surface area (Å²) in [7, 11) is 0. The molecule has 2 atom stereocenters. The van der Waals surface area contributed by atoms with E-state index < -0.39 is 17.3 Å². The Labute approximate surface area is 69.2 Å². The molecular weight excluding hydrogens is 179 g/mol. The van der Waals surface area contributed by atoms with Crippen molar-refractivity contribution in [1.82, 2.24) is 0 Å². The van der Waals surface area contributed by atoms with Crippen LogP contribution in [0.1, 0.15) is 13.8 Å². The largest absolute Gasteiger partial charge is 0.511 e. The number of halogens is 2. The zero-order valence-electron chi connectivity index (χ0n) is 5.64. The number of alkyl halides is 2. The van der Waals surface area contributed by atoms with E-state index in [9.17, 15) is 4.79 Å². The molecular formula is C5H8Cl2O3. The van der Waals surface area contributed by atoms with Crippen molar-refractivity contribution in [3.63, 3.8) is 0 Å². The van der Waals surface area contributed by atoms with Crippen LogP contribution in [-0.4, -0.2) is 17.3 Å². The molecule has 0 aromatic carbocycles. The van der Waals surface area contributed by atoms with E-state index in [1.54, 1.807) is 0 Å². The Morgan fingerprint density at radius 2 is 1.50 bits per heavy atom. The third-order valence-electron chi connectivity index (χ3n) is 0.517. The number of ether oxygens (including phenoxy) is 2. The number of carbonyl (C=O) groups is 1. The lowest BCUT2D eigenvalue weighted by molar-refractivity contribution is 0.0444. The fraction of sp³-hybridized carbons (Fsp3) is 0.800. The summed E-state index contributed by atoms with van der Waals surface area (Å²) in [5.74, 6) is 0. The zero-order valence-corrected chi connectivity index (χ0v) is 7.15. The SMILES string of the molecule is CC(Cl)OC(=O)OC(C)Cl. The van der Waals surface area contributed by atoms with E-state index in [1.165, 1.54) is 13.8 Å². The van der Waals surface area contributed by atoms with Gasteiger partial charge in [0.1, 0.15) is 0 Å². The second-order valence-corrected chi connectivity index (χ2v) is 2.80. The molecule has 0 heterocycles. The Balaban J connectivity index is 3.44. The molecule has 0 aromatic heterocycles. The normalized spacial score (nSPS) is 15.6. The molecule has 0 saturated carbocycles. The van der Waals surface area contributed by atoms with E-state index in [-0.39, 0.29) is 0 Å². The number of hydrogen-bond acceptors (Lipinski definition) is 3. The Morgan fingerprint density at radius 1 is 1.20 bits per heavy atom. The van der Waals surface area contributed by atoms with Crippen molar-refractivity contribution in [3.05, 3.63) is 0 Å². The van der Waals surface area contributed by atoms with Gasteiger partial charge in [-0.05, 0) is 13.8 Å². The Bertz CT molecular complexity index is 101. The highest BCUT2D eigenvalue weighted by molar-refractivity contribution is 6.20. The van der Waals surface area contributed by atoms with Crippen molar-refractivity contribution in [2.24, 2.45) is 0 Å². The van der Waals surface area contributed by atoms with Gasteiger partial charge in [0.25, 0.3) is 0 Å². The first kappa shape index (κ1) is 9.85. The molecule has 0 aliphatic heterocycles. The van der Waals surface area contributed by atoms with Crippen LogP contribution in [0.5, 0.6) is 0 Å². The van der Waals surface area contributed by atoms with Gasteiger partial charge in [-0.15, -0.1) is 0 Å². The smallest absolute Gasteiger partial charge is 0.415 e. The molecule has 0 N–H and O–H groups in total. The van der Waals surface area contributed by atoms with E-state index in [0.717, 1.165) is 0 Å². The van der Waals surface area contributed by atoms with E-state index in [4.69, 9.17) is 23.2 Å². The van der Waals surface area contributed by atoms with Crippen molar-refractivity contribution in [2.75, 3.05) is 0 Å². The maximum atomic E-state index is 10.5. The summed E-state index contributed by atoms with van der Waals surface area (Å²) in [4.78, 5) is 10.5. The van der Waals surface area contributed by atoms with Crippen molar-refractivity contribution in [1.29, 1.82) is 0 Å². The number of rotatable bonds is 2. The van der Waals surface area contributed by atoms with E-state index in [2.05, 4.69) is 9.47 Å². The molecule has 10 heavy (non-hydrogen) atoms. The van der Waals surface area contributed by atoms with Gasteiger partial charge in [0.2, 0.25) is 0 Å². The summed E-state index contributed by atoms with van der Waals surface area (Å²) in [6.45, 7) is 3.00. The van der Waals surface area contributed by atoms with Crippen molar-refractivity contribution in [3.8, 4) is 0 Å². The van der Waals surface area contributed by atoms with E-state index in [1.807, 2.05) is 0 Å². The van der Waals surface area contributed by atoms with Crippen molar-refractivity contribution >= 4 is 29.4 Å². The Kier molecular flexibility index (Phi) is 4.56. The van der Waals surface area contributed by atoms with Crippen LogP contribution >= 0.6 is 23.2 Å². The topological polar surface area (TPSA) is 35.5 Å². The van der Waals surface area contributed by atoms with Crippen LogP contribution in [0.25, 0.3) is 0 Å². The van der Waals surface area contributed by atoms with Gasteiger partial charge >= 0.3 is 6.16 Å². The Morgan fingerprint density at radius 3 is 1.70 bits per heavy atom. The summed E-state index contributed by atoms with van der Waals surface area (Å²) in [5.41, 5.74) is -1.38. The second-order valence-electron chi connectivity index (χ2n) is 1.57. The molecule has 0 spiro atoms. The molecule has 0 aromatic rings. The molecule has 0 fully saturated rings. The highest BCUT2D eigenvalue weighted by atomic mass is 35.5. The molecule has 0 rings (SSSR count). The van der Waals surface area contributed by atoms with Crippen molar-refractivity contribution in [2.45, 2.75) is 25.0 Å². The van der Waals surface area contributed by atoms with Crippen LogP contribution in [0.2, 0.25) is 0 Å². The summed E-state index contributed by atoms with van der Waals surface area (Å²) in [6, 6.07) is 0. The standard InChI is InChI=1S/C5H8Cl2O3/c1-3(6)9-5(8)10-4(2)7/h3-4H,1-2H3. The minimum Gasteiger partial charge on any atom is -0.415 e. The highest BCUT2D eigenvalue weighted by Crippen LogP contribution is 2.02. The van der Waals surface area contributed by atoms with Gasteiger partial charge in [0.15, 0.2) is 11.1 Å². The van der Waals surface area contributed by atoms with Crippen molar-refractivity contribution < 1.29 is 14.3 Å². The van der Waals surface area contributed by atoms with E-state index >= 15 is 0 Å². The third-order valence-corrected chi connectivity index (χ3v) is 0.695. The maximum absolute atomic E-state index is 10.5. The fourth-order valence-corrected chi connectivity index (χ4v) is 0.438. The second kappa shape index (κ2) is 4.63. The quantitative estimate of drug-likeness (QED) is 0.491. The summed E-state index contributed by atoms with van der Waals surface area (Å²) in [5, 5.41) is 0. The van der Waals surface area contributed by atoms with Crippen LogP contribution in [0.3, 0.4) is 0 Å². The Hall–Kier alpha value is -0.150.